The maximum Gasteiger partial charge on any atom is 0.338 e. The number of carbonyl (C=O) groups is 1. The van der Waals surface area contributed by atoms with Crippen LogP contribution in [-0.4, -0.2) is 30.9 Å². The molecular weight excluding hydrogens is 440 g/mol. The van der Waals surface area contributed by atoms with Crippen LogP contribution >= 0.6 is 11.3 Å². The van der Waals surface area contributed by atoms with E-state index in [9.17, 15) is 18.0 Å². The molecule has 3 rings (SSSR count). The minimum atomic E-state index is -3.77. The maximum atomic E-state index is 12.5. The third-order valence-electron chi connectivity index (χ3n) is 4.66. The summed E-state index contributed by atoms with van der Waals surface area (Å²) < 4.78 is 32.0. The number of thiophene rings is 1. The zero-order valence-corrected chi connectivity index (χ0v) is 18.7. The van der Waals surface area contributed by atoms with E-state index in [4.69, 9.17) is 10.00 Å². The van der Waals surface area contributed by atoms with Crippen molar-refractivity contribution in [2.24, 2.45) is 0 Å². The van der Waals surface area contributed by atoms with E-state index in [0.717, 1.165) is 10.4 Å². The molecule has 0 saturated carbocycles. The standard InChI is InChI=1S/C20H20N4O5S2/c1-11-13(3)30-19-16(11)18(25)23-17(24-19)12(2)29-20(26)14-5-7-15(8-6-14)31(27,28)22-10-4-9-21/h5-8,12,22H,4,10H2,1-3H3,(H,23,24,25)/t12-/m0/s1. The highest BCUT2D eigenvalue weighted by atomic mass is 32.2. The van der Waals surface area contributed by atoms with Crippen molar-refractivity contribution in [2.45, 2.75) is 38.2 Å². The first kappa shape index (κ1) is 22.6. The van der Waals surface area contributed by atoms with Crippen molar-refractivity contribution < 1.29 is 17.9 Å². The highest BCUT2D eigenvalue weighted by Crippen LogP contribution is 2.27. The molecule has 3 aromatic rings. The largest absolute Gasteiger partial charge is 0.451 e. The summed E-state index contributed by atoms with van der Waals surface area (Å²) in [5.41, 5.74) is 0.736. The van der Waals surface area contributed by atoms with Gasteiger partial charge in [-0.25, -0.2) is 22.9 Å². The number of H-pyrrole nitrogens is 1. The number of aromatic amines is 1. The lowest BCUT2D eigenvalue weighted by atomic mass is 10.2. The molecule has 1 aromatic carbocycles. The van der Waals surface area contributed by atoms with E-state index in [1.54, 1.807) is 6.92 Å². The number of hydrogen-bond acceptors (Lipinski definition) is 8. The van der Waals surface area contributed by atoms with Gasteiger partial charge in [0.1, 0.15) is 4.83 Å². The molecule has 0 aliphatic carbocycles. The van der Waals surface area contributed by atoms with Crippen LogP contribution < -0.4 is 10.3 Å². The van der Waals surface area contributed by atoms with Gasteiger partial charge in [-0.2, -0.15) is 5.26 Å². The molecule has 0 fully saturated rings. The summed E-state index contributed by atoms with van der Waals surface area (Å²) in [5, 5.41) is 9.04. The van der Waals surface area contributed by atoms with Crippen LogP contribution in [-0.2, 0) is 14.8 Å². The third-order valence-corrected chi connectivity index (χ3v) is 7.23. The summed E-state index contributed by atoms with van der Waals surface area (Å²) in [7, 11) is -3.77. The van der Waals surface area contributed by atoms with Crippen molar-refractivity contribution >= 4 is 37.5 Å². The van der Waals surface area contributed by atoms with E-state index in [2.05, 4.69) is 14.7 Å². The number of aryl methyl sites for hydroxylation is 2. The maximum absolute atomic E-state index is 12.5. The second-order valence-corrected chi connectivity index (χ2v) is 9.76. The molecule has 31 heavy (non-hydrogen) atoms. The van der Waals surface area contributed by atoms with Gasteiger partial charge in [-0.05, 0) is 50.6 Å². The number of aromatic nitrogens is 2. The van der Waals surface area contributed by atoms with Crippen LogP contribution in [0, 0.1) is 25.2 Å². The van der Waals surface area contributed by atoms with Gasteiger partial charge in [0.25, 0.3) is 5.56 Å². The van der Waals surface area contributed by atoms with Gasteiger partial charge in [0.2, 0.25) is 10.0 Å². The number of carbonyl (C=O) groups excluding carboxylic acids is 1. The average molecular weight is 461 g/mol. The number of hydrogen-bond donors (Lipinski definition) is 2. The van der Waals surface area contributed by atoms with Crippen molar-refractivity contribution in [1.82, 2.24) is 14.7 Å². The number of sulfonamides is 1. The Kier molecular flexibility index (Phi) is 6.54. The molecule has 0 bridgehead atoms. The molecule has 0 aliphatic heterocycles. The summed E-state index contributed by atoms with van der Waals surface area (Å²) >= 11 is 1.40. The summed E-state index contributed by atoms with van der Waals surface area (Å²) in [6, 6.07) is 7.07. The molecule has 0 amide bonds. The Morgan fingerprint density at radius 3 is 2.65 bits per heavy atom. The fourth-order valence-corrected chi connectivity index (χ4v) is 4.91. The molecule has 0 aliphatic rings. The van der Waals surface area contributed by atoms with E-state index in [1.165, 1.54) is 35.6 Å². The van der Waals surface area contributed by atoms with Gasteiger partial charge in [-0.1, -0.05) is 0 Å². The fraction of sp³-hybridized carbons (Fsp3) is 0.300. The minimum absolute atomic E-state index is 0.00102. The highest BCUT2D eigenvalue weighted by molar-refractivity contribution is 7.89. The quantitative estimate of drug-likeness (QED) is 0.408. The topological polar surface area (TPSA) is 142 Å². The Bertz CT molecular complexity index is 1330. The van der Waals surface area contributed by atoms with Gasteiger partial charge in [0, 0.05) is 17.8 Å². The van der Waals surface area contributed by atoms with Crippen LogP contribution in [0.1, 0.15) is 46.1 Å². The van der Waals surface area contributed by atoms with Gasteiger partial charge in [-0.15, -0.1) is 11.3 Å². The van der Waals surface area contributed by atoms with Crippen LogP contribution in [0.5, 0.6) is 0 Å². The van der Waals surface area contributed by atoms with E-state index in [0.29, 0.717) is 10.2 Å². The first-order valence-electron chi connectivity index (χ1n) is 9.31. The SMILES string of the molecule is Cc1sc2nc([C@H](C)OC(=O)c3ccc(S(=O)(=O)NCCC#N)cc3)[nH]c(=O)c2c1C. The number of nitrogens with one attached hydrogen (secondary N) is 2. The molecule has 2 heterocycles. The second kappa shape index (κ2) is 8.97. The number of rotatable bonds is 7. The zero-order chi connectivity index (χ0) is 22.8. The zero-order valence-electron chi connectivity index (χ0n) is 17.1. The van der Waals surface area contributed by atoms with Gasteiger partial charge >= 0.3 is 5.97 Å². The van der Waals surface area contributed by atoms with Crippen LogP contribution in [0.15, 0.2) is 34.0 Å². The lowest BCUT2D eigenvalue weighted by Crippen LogP contribution is -2.24. The molecule has 2 aromatic heterocycles. The molecule has 1 atom stereocenters. The van der Waals surface area contributed by atoms with E-state index < -0.39 is 22.1 Å². The normalized spacial score (nSPS) is 12.5. The van der Waals surface area contributed by atoms with Gasteiger partial charge in [0.05, 0.1) is 21.9 Å². The van der Waals surface area contributed by atoms with Crippen molar-refractivity contribution in [3.05, 3.63) is 56.4 Å². The minimum Gasteiger partial charge on any atom is -0.451 e. The number of fused-ring (bicyclic) bond motifs is 1. The number of nitriles is 1. The molecule has 11 heteroatoms. The van der Waals surface area contributed by atoms with Gasteiger partial charge < -0.3 is 9.72 Å². The molecule has 162 valence electrons. The highest BCUT2D eigenvalue weighted by Gasteiger charge is 2.20. The second-order valence-electron chi connectivity index (χ2n) is 6.79. The Morgan fingerprint density at radius 2 is 2.00 bits per heavy atom. The molecule has 2 N–H and O–H groups in total. The van der Waals surface area contributed by atoms with Crippen molar-refractivity contribution in [3.63, 3.8) is 0 Å². The monoisotopic (exact) mass is 460 g/mol. The van der Waals surface area contributed by atoms with Gasteiger partial charge in [0.15, 0.2) is 11.9 Å². The summed E-state index contributed by atoms with van der Waals surface area (Å²) in [5.74, 6) is -0.455. The van der Waals surface area contributed by atoms with Crippen molar-refractivity contribution in [2.75, 3.05) is 6.54 Å². The number of ether oxygens (including phenoxy) is 1. The van der Waals surface area contributed by atoms with Crippen molar-refractivity contribution in [1.29, 1.82) is 5.26 Å². The average Bonchev–Trinajstić information content (AvgIpc) is 3.02. The lowest BCUT2D eigenvalue weighted by molar-refractivity contribution is 0.0320. The number of esters is 1. The number of benzene rings is 1. The smallest absolute Gasteiger partial charge is 0.338 e. The summed E-state index contributed by atoms with van der Waals surface area (Å²) in [4.78, 5) is 33.5. The first-order chi connectivity index (χ1) is 14.6. The Hall–Kier alpha value is -3.07. The van der Waals surface area contributed by atoms with Crippen LogP contribution in [0.3, 0.4) is 0 Å². The van der Waals surface area contributed by atoms with Crippen LogP contribution in [0.25, 0.3) is 10.2 Å². The first-order valence-corrected chi connectivity index (χ1v) is 11.6. The molecular formula is C20H20N4O5S2. The molecule has 0 saturated heterocycles. The Morgan fingerprint density at radius 1 is 1.32 bits per heavy atom. The molecule has 0 unspecified atom stereocenters. The predicted octanol–water partition coefficient (Wildman–Crippen LogP) is 2.71. The predicted molar refractivity (Wildman–Crippen MR) is 115 cm³/mol. The molecule has 0 spiro atoms. The van der Waals surface area contributed by atoms with E-state index in [1.807, 2.05) is 19.9 Å². The van der Waals surface area contributed by atoms with Crippen LogP contribution in [0.2, 0.25) is 0 Å². The number of nitrogens with zero attached hydrogens (tertiary/aromatic N) is 2. The molecule has 0 radical (unpaired) electrons. The summed E-state index contributed by atoms with van der Waals surface area (Å²) in [6.45, 7) is 5.36. The molecule has 9 nitrogen and oxygen atoms in total. The van der Waals surface area contributed by atoms with Crippen LogP contribution in [0.4, 0.5) is 0 Å². The summed E-state index contributed by atoms with van der Waals surface area (Å²) in [6.07, 6.45) is -0.767. The van der Waals surface area contributed by atoms with Crippen molar-refractivity contribution in [3.8, 4) is 6.07 Å². The third kappa shape index (κ3) is 4.82. The van der Waals surface area contributed by atoms with E-state index >= 15 is 0 Å². The Balaban J connectivity index is 1.75. The van der Waals surface area contributed by atoms with Gasteiger partial charge in [-0.3, -0.25) is 4.79 Å². The van der Waals surface area contributed by atoms with E-state index in [-0.39, 0.29) is 34.8 Å². The Labute approximate surface area is 182 Å². The lowest BCUT2D eigenvalue weighted by Gasteiger charge is -2.13. The fourth-order valence-electron chi connectivity index (χ4n) is 2.84.